The number of rotatable bonds is 4. The van der Waals surface area contributed by atoms with Crippen molar-refractivity contribution in [1.29, 1.82) is 5.26 Å². The van der Waals surface area contributed by atoms with Crippen LogP contribution in [0.3, 0.4) is 0 Å². The van der Waals surface area contributed by atoms with E-state index >= 15 is 0 Å². The molecule has 1 aliphatic rings. The van der Waals surface area contributed by atoms with Gasteiger partial charge in [-0.2, -0.15) is 5.26 Å². The number of anilines is 1. The average molecular weight is 390 g/mol. The third kappa shape index (κ3) is 3.68. The van der Waals surface area contributed by atoms with Crippen molar-refractivity contribution in [3.05, 3.63) is 46.7 Å². The van der Waals surface area contributed by atoms with E-state index < -0.39 is 0 Å². The standard InChI is InChI=1S/C22H27N7/c1-13-18(12-23)22(27-15(3)25-13)26-14(2)21-17(16-5-8-24-9-6-16)11-20-19(28-21)7-10-29(20)4/h7,10-11,14,16,24H,5-6,8-9H2,1-4H3,(H,25,26,27)/t14-/m0/s1. The molecule has 0 aromatic carbocycles. The van der Waals surface area contributed by atoms with Gasteiger partial charge in [0.2, 0.25) is 0 Å². The number of piperidine rings is 1. The second-order valence-corrected chi connectivity index (χ2v) is 7.88. The van der Waals surface area contributed by atoms with Crippen LogP contribution >= 0.6 is 0 Å². The summed E-state index contributed by atoms with van der Waals surface area (Å²) in [7, 11) is 2.06. The molecule has 1 atom stereocenters. The molecular weight excluding hydrogens is 362 g/mol. The fourth-order valence-electron chi connectivity index (χ4n) is 4.25. The number of aromatic nitrogens is 4. The maximum Gasteiger partial charge on any atom is 0.148 e. The van der Waals surface area contributed by atoms with Gasteiger partial charge in [-0.25, -0.2) is 15.0 Å². The minimum atomic E-state index is -0.0784. The molecule has 150 valence electrons. The lowest BCUT2D eigenvalue weighted by molar-refractivity contribution is 0.456. The van der Waals surface area contributed by atoms with Gasteiger partial charge in [-0.15, -0.1) is 0 Å². The Balaban J connectivity index is 1.77. The Hall–Kier alpha value is -2.98. The summed E-state index contributed by atoms with van der Waals surface area (Å²) in [4.78, 5) is 13.9. The number of nitriles is 1. The molecule has 4 heterocycles. The molecule has 1 fully saturated rings. The zero-order valence-electron chi connectivity index (χ0n) is 17.5. The predicted molar refractivity (Wildman–Crippen MR) is 114 cm³/mol. The number of nitrogens with zero attached hydrogens (tertiary/aromatic N) is 5. The monoisotopic (exact) mass is 389 g/mol. The zero-order valence-corrected chi connectivity index (χ0v) is 17.5. The first-order chi connectivity index (χ1) is 14.0. The fourth-order valence-corrected chi connectivity index (χ4v) is 4.25. The quantitative estimate of drug-likeness (QED) is 0.710. The fraction of sp³-hybridized carbons (Fsp3) is 0.455. The number of pyridine rings is 1. The third-order valence-corrected chi connectivity index (χ3v) is 5.78. The van der Waals surface area contributed by atoms with E-state index in [0.717, 1.165) is 42.7 Å². The van der Waals surface area contributed by atoms with Crippen molar-refractivity contribution < 1.29 is 0 Å². The van der Waals surface area contributed by atoms with Gasteiger partial charge < -0.3 is 15.2 Å². The van der Waals surface area contributed by atoms with Gasteiger partial charge in [0.25, 0.3) is 0 Å². The second kappa shape index (κ2) is 7.80. The van der Waals surface area contributed by atoms with E-state index in [4.69, 9.17) is 4.98 Å². The maximum atomic E-state index is 9.58. The van der Waals surface area contributed by atoms with Crippen molar-refractivity contribution in [1.82, 2.24) is 24.8 Å². The van der Waals surface area contributed by atoms with E-state index in [1.165, 1.54) is 5.56 Å². The van der Waals surface area contributed by atoms with Gasteiger partial charge in [0.1, 0.15) is 23.3 Å². The topological polar surface area (TPSA) is 91.5 Å². The summed E-state index contributed by atoms with van der Waals surface area (Å²) in [6.45, 7) is 7.84. The van der Waals surface area contributed by atoms with Crippen molar-refractivity contribution in [3.8, 4) is 6.07 Å². The van der Waals surface area contributed by atoms with Crippen molar-refractivity contribution in [2.75, 3.05) is 18.4 Å². The summed E-state index contributed by atoms with van der Waals surface area (Å²) in [6, 6.07) is 6.51. The smallest absolute Gasteiger partial charge is 0.148 e. The van der Waals surface area contributed by atoms with Gasteiger partial charge in [-0.3, -0.25) is 0 Å². The highest BCUT2D eigenvalue weighted by molar-refractivity contribution is 5.77. The Labute approximate surface area is 171 Å². The Morgan fingerprint density at radius 1 is 1.24 bits per heavy atom. The maximum absolute atomic E-state index is 9.58. The number of nitrogens with one attached hydrogen (secondary N) is 2. The van der Waals surface area contributed by atoms with E-state index in [0.29, 0.717) is 28.8 Å². The largest absolute Gasteiger partial charge is 0.361 e. The first-order valence-corrected chi connectivity index (χ1v) is 10.2. The van der Waals surface area contributed by atoms with E-state index in [9.17, 15) is 5.26 Å². The van der Waals surface area contributed by atoms with E-state index in [1.54, 1.807) is 0 Å². The molecule has 0 amide bonds. The molecule has 1 saturated heterocycles. The Morgan fingerprint density at radius 2 is 2.00 bits per heavy atom. The molecule has 3 aromatic rings. The van der Waals surface area contributed by atoms with Crippen LogP contribution in [0.25, 0.3) is 11.0 Å². The highest BCUT2D eigenvalue weighted by Crippen LogP contribution is 2.34. The van der Waals surface area contributed by atoms with E-state index in [1.807, 2.05) is 13.8 Å². The van der Waals surface area contributed by atoms with Gasteiger partial charge in [0, 0.05) is 13.2 Å². The van der Waals surface area contributed by atoms with Crippen LogP contribution in [0.1, 0.15) is 60.1 Å². The third-order valence-electron chi connectivity index (χ3n) is 5.78. The Kier molecular flexibility index (Phi) is 5.20. The van der Waals surface area contributed by atoms with Crippen LogP contribution in [-0.2, 0) is 7.05 Å². The summed E-state index contributed by atoms with van der Waals surface area (Å²) in [5.41, 5.74) is 5.66. The van der Waals surface area contributed by atoms with Gasteiger partial charge in [0.05, 0.1) is 28.5 Å². The molecule has 0 aliphatic carbocycles. The highest BCUT2D eigenvalue weighted by Gasteiger charge is 2.24. The number of fused-ring (bicyclic) bond motifs is 1. The molecule has 0 spiro atoms. The Bertz CT molecular complexity index is 1090. The highest BCUT2D eigenvalue weighted by atomic mass is 15.1. The number of aryl methyl sites for hydroxylation is 3. The lowest BCUT2D eigenvalue weighted by atomic mass is 9.87. The second-order valence-electron chi connectivity index (χ2n) is 7.88. The van der Waals surface area contributed by atoms with Gasteiger partial charge >= 0.3 is 0 Å². The minimum Gasteiger partial charge on any atom is -0.361 e. The van der Waals surface area contributed by atoms with Crippen LogP contribution in [0.15, 0.2) is 18.3 Å². The van der Waals surface area contributed by atoms with Crippen LogP contribution in [0.4, 0.5) is 5.82 Å². The molecule has 0 saturated carbocycles. The van der Waals surface area contributed by atoms with E-state index in [-0.39, 0.29) is 6.04 Å². The van der Waals surface area contributed by atoms with Crippen molar-refractivity contribution in [2.45, 2.75) is 45.6 Å². The average Bonchev–Trinajstić information content (AvgIpc) is 3.07. The molecule has 0 unspecified atom stereocenters. The van der Waals surface area contributed by atoms with Crippen LogP contribution in [0.5, 0.6) is 0 Å². The van der Waals surface area contributed by atoms with Crippen molar-refractivity contribution in [3.63, 3.8) is 0 Å². The summed E-state index contributed by atoms with van der Waals surface area (Å²) >= 11 is 0. The summed E-state index contributed by atoms with van der Waals surface area (Å²) in [6.07, 6.45) is 4.26. The summed E-state index contributed by atoms with van der Waals surface area (Å²) in [5, 5.41) is 16.5. The SMILES string of the molecule is Cc1nc(C)c(C#N)c(N[C@@H](C)c2nc3ccn(C)c3cc2C2CCNCC2)n1. The molecular formula is C22H27N7. The molecule has 7 heteroatoms. The van der Waals surface area contributed by atoms with Gasteiger partial charge in [-0.05, 0) is 70.3 Å². The first-order valence-electron chi connectivity index (χ1n) is 10.2. The normalized spacial score (nSPS) is 16.0. The first kappa shape index (κ1) is 19.3. The van der Waals surface area contributed by atoms with Crippen LogP contribution < -0.4 is 10.6 Å². The van der Waals surface area contributed by atoms with Crippen molar-refractivity contribution in [2.24, 2.45) is 7.05 Å². The minimum absolute atomic E-state index is 0.0784. The molecule has 4 rings (SSSR count). The lowest BCUT2D eigenvalue weighted by Crippen LogP contribution is -2.28. The molecule has 0 radical (unpaired) electrons. The summed E-state index contributed by atoms with van der Waals surface area (Å²) < 4.78 is 2.12. The van der Waals surface area contributed by atoms with Crippen molar-refractivity contribution >= 4 is 16.9 Å². The molecule has 2 N–H and O–H groups in total. The Morgan fingerprint density at radius 3 is 2.72 bits per heavy atom. The van der Waals surface area contributed by atoms with Gasteiger partial charge in [0.15, 0.2) is 0 Å². The molecule has 1 aliphatic heterocycles. The van der Waals surface area contributed by atoms with Crippen LogP contribution in [0.2, 0.25) is 0 Å². The number of hydrogen-bond acceptors (Lipinski definition) is 6. The zero-order chi connectivity index (χ0) is 20.5. The lowest BCUT2D eigenvalue weighted by Gasteiger charge is -2.27. The summed E-state index contributed by atoms with van der Waals surface area (Å²) in [5.74, 6) is 1.71. The number of hydrogen-bond donors (Lipinski definition) is 2. The van der Waals surface area contributed by atoms with Gasteiger partial charge in [-0.1, -0.05) is 0 Å². The van der Waals surface area contributed by atoms with E-state index in [2.05, 4.69) is 63.5 Å². The molecule has 0 bridgehead atoms. The molecule has 3 aromatic heterocycles. The molecule has 29 heavy (non-hydrogen) atoms. The van der Waals surface area contributed by atoms with Crippen LogP contribution in [0, 0.1) is 25.2 Å². The predicted octanol–water partition coefficient (Wildman–Crippen LogP) is 3.49. The molecule has 7 nitrogen and oxygen atoms in total. The van der Waals surface area contributed by atoms with Crippen LogP contribution in [-0.4, -0.2) is 32.6 Å².